The summed E-state index contributed by atoms with van der Waals surface area (Å²) in [5, 5.41) is 75.6. The highest BCUT2D eigenvalue weighted by atomic mass is 16.7. The minimum Gasteiger partial charge on any atom is -0.394 e. The summed E-state index contributed by atoms with van der Waals surface area (Å²) in [6.45, 7) is 3.42. The van der Waals surface area contributed by atoms with Crippen LogP contribution in [0.2, 0.25) is 0 Å². The van der Waals surface area contributed by atoms with Crippen LogP contribution in [0.4, 0.5) is 0 Å². The molecule has 0 bridgehead atoms. The third-order valence-electron chi connectivity index (χ3n) is 11.6. The highest BCUT2D eigenvalue weighted by Gasteiger charge is 2.44. The van der Waals surface area contributed by atoms with Crippen molar-refractivity contribution in [3.8, 4) is 0 Å². The van der Waals surface area contributed by atoms with Crippen LogP contribution in [0.3, 0.4) is 0 Å². The van der Waals surface area contributed by atoms with Gasteiger partial charge in [-0.2, -0.15) is 0 Å². The average molecular weight is 816 g/mol. The van der Waals surface area contributed by atoms with Gasteiger partial charge >= 0.3 is 0 Å². The lowest BCUT2D eigenvalue weighted by atomic mass is 9.98. The van der Waals surface area contributed by atoms with E-state index in [1.54, 1.807) is 0 Å². The average Bonchev–Trinajstić information content (AvgIpc) is 3.21. The molecule has 0 saturated carbocycles. The molecule has 1 aliphatic heterocycles. The van der Waals surface area contributed by atoms with E-state index in [0.717, 1.165) is 38.5 Å². The lowest BCUT2D eigenvalue weighted by Gasteiger charge is -2.40. The highest BCUT2D eigenvalue weighted by Crippen LogP contribution is 2.23. The Bertz CT molecular complexity index is 939. The minimum atomic E-state index is -1.66. The molecular weight excluding hydrogens is 727 g/mol. The van der Waals surface area contributed by atoms with Crippen molar-refractivity contribution in [2.75, 3.05) is 13.2 Å². The summed E-state index contributed by atoms with van der Waals surface area (Å²) in [4.78, 5) is 13.1. The first-order valence-corrected chi connectivity index (χ1v) is 23.6. The van der Waals surface area contributed by atoms with Gasteiger partial charge in [-0.3, -0.25) is 4.79 Å². The van der Waals surface area contributed by atoms with Crippen molar-refractivity contribution < 1.29 is 50.0 Å². The first-order chi connectivity index (χ1) is 27.7. The molecule has 0 aromatic rings. The van der Waals surface area contributed by atoms with Crippen LogP contribution in [-0.4, -0.2) is 110 Å². The second-order valence-corrected chi connectivity index (χ2v) is 16.8. The van der Waals surface area contributed by atoms with Gasteiger partial charge in [0.1, 0.15) is 36.6 Å². The summed E-state index contributed by atoms with van der Waals surface area (Å²) in [6.07, 6.45) is 26.9. The Morgan fingerprint density at radius 2 is 1.04 bits per heavy atom. The van der Waals surface area contributed by atoms with Gasteiger partial charge in [0.15, 0.2) is 6.29 Å². The van der Waals surface area contributed by atoms with Crippen molar-refractivity contribution in [1.82, 2.24) is 5.32 Å². The molecule has 57 heavy (non-hydrogen) atoms. The maximum absolute atomic E-state index is 13.1. The molecule has 338 valence electrons. The number of hydrogen-bond donors (Lipinski definition) is 8. The normalized spacial score (nSPS) is 22.2. The Balaban J connectivity index is 2.45. The number of rotatable bonds is 39. The Morgan fingerprint density at radius 3 is 1.51 bits per heavy atom. The molecule has 0 aromatic carbocycles. The van der Waals surface area contributed by atoms with Gasteiger partial charge in [0.2, 0.25) is 5.91 Å². The molecule has 8 N–H and O–H groups in total. The van der Waals surface area contributed by atoms with Crippen LogP contribution in [0.25, 0.3) is 0 Å². The fourth-order valence-corrected chi connectivity index (χ4v) is 7.62. The molecule has 11 heteroatoms. The maximum atomic E-state index is 13.1. The number of unbranched alkanes of at least 4 members (excludes halogenated alkanes) is 25. The van der Waals surface area contributed by atoms with E-state index < -0.39 is 74.2 Å². The topological polar surface area (TPSA) is 189 Å². The first-order valence-electron chi connectivity index (χ1n) is 23.6. The standard InChI is InChI=1S/C46H89NO10/c1-3-5-7-9-11-13-15-17-18-19-20-22-24-26-28-30-32-34-39(50)45(55)47-37(36-56-46-44(54)43(53)42(52)40(35-48)57-46)41(51)38(49)33-31-29-27-25-23-21-16-14-12-10-8-6-4-2/h25,27,37-44,46,48-54H,3-24,26,28-36H2,1-2H3,(H,47,55)/b27-25+. The Hall–Kier alpha value is -1.15. The number of aliphatic hydroxyl groups is 7. The van der Waals surface area contributed by atoms with Crippen LogP contribution >= 0.6 is 0 Å². The van der Waals surface area contributed by atoms with Crippen molar-refractivity contribution in [3.05, 3.63) is 12.2 Å². The van der Waals surface area contributed by atoms with Crippen molar-refractivity contribution in [3.63, 3.8) is 0 Å². The molecule has 0 aliphatic carbocycles. The van der Waals surface area contributed by atoms with Gasteiger partial charge in [0.05, 0.1) is 25.4 Å². The van der Waals surface area contributed by atoms with Crippen LogP contribution in [-0.2, 0) is 14.3 Å². The quantitative estimate of drug-likeness (QED) is 0.0226. The third kappa shape index (κ3) is 26.6. The second kappa shape index (κ2) is 36.7. The molecule has 1 fully saturated rings. The fourth-order valence-electron chi connectivity index (χ4n) is 7.62. The second-order valence-electron chi connectivity index (χ2n) is 16.8. The van der Waals surface area contributed by atoms with E-state index >= 15 is 0 Å². The van der Waals surface area contributed by atoms with Crippen molar-refractivity contribution in [2.24, 2.45) is 0 Å². The highest BCUT2D eigenvalue weighted by molar-refractivity contribution is 5.80. The van der Waals surface area contributed by atoms with Gasteiger partial charge in [-0.1, -0.05) is 180 Å². The van der Waals surface area contributed by atoms with Gasteiger partial charge < -0.3 is 50.5 Å². The van der Waals surface area contributed by atoms with Crippen LogP contribution < -0.4 is 5.32 Å². The molecule has 1 amide bonds. The summed E-state index contributed by atoms with van der Waals surface area (Å²) in [7, 11) is 0. The number of carbonyl (C=O) groups excluding carboxylic acids is 1. The Labute approximate surface area is 347 Å². The molecule has 0 spiro atoms. The zero-order chi connectivity index (χ0) is 41.9. The van der Waals surface area contributed by atoms with Crippen molar-refractivity contribution in [2.45, 2.75) is 262 Å². The SMILES string of the molecule is CCCCCCCCCC/C=C/CCCC(O)C(O)C(COC1OC(CO)C(O)C(O)C1O)NC(=O)C(O)CCCCCCCCCCCCCCCCCCC. The third-order valence-corrected chi connectivity index (χ3v) is 11.6. The number of nitrogens with one attached hydrogen (secondary N) is 1. The van der Waals surface area contributed by atoms with Gasteiger partial charge in [0, 0.05) is 0 Å². The zero-order valence-electron chi connectivity index (χ0n) is 36.3. The van der Waals surface area contributed by atoms with Gasteiger partial charge in [-0.05, 0) is 38.5 Å². The van der Waals surface area contributed by atoms with Crippen molar-refractivity contribution >= 4 is 5.91 Å². The summed E-state index contributed by atoms with van der Waals surface area (Å²) < 4.78 is 11.1. The molecular formula is C46H89NO10. The zero-order valence-corrected chi connectivity index (χ0v) is 36.3. The lowest BCUT2D eigenvalue weighted by molar-refractivity contribution is -0.303. The number of hydrogen-bond acceptors (Lipinski definition) is 10. The van der Waals surface area contributed by atoms with Gasteiger partial charge in [-0.15, -0.1) is 0 Å². The van der Waals surface area contributed by atoms with E-state index in [0.29, 0.717) is 12.8 Å². The molecule has 1 aliphatic rings. The monoisotopic (exact) mass is 816 g/mol. The molecule has 11 nitrogen and oxygen atoms in total. The van der Waals surface area contributed by atoms with Crippen LogP contribution in [0, 0.1) is 0 Å². The number of ether oxygens (including phenoxy) is 2. The predicted octanol–water partition coefficient (Wildman–Crippen LogP) is 7.67. The molecule has 1 rings (SSSR count). The minimum absolute atomic E-state index is 0.259. The number of allylic oxidation sites excluding steroid dienone is 2. The summed E-state index contributed by atoms with van der Waals surface area (Å²) in [6, 6.07) is -1.18. The van der Waals surface area contributed by atoms with E-state index in [1.165, 1.54) is 128 Å². The largest absolute Gasteiger partial charge is 0.394 e. The summed E-state index contributed by atoms with van der Waals surface area (Å²) >= 11 is 0. The molecule has 1 saturated heterocycles. The van der Waals surface area contributed by atoms with E-state index in [9.17, 15) is 40.5 Å². The fraction of sp³-hybridized carbons (Fsp3) is 0.935. The van der Waals surface area contributed by atoms with E-state index in [1.807, 2.05) is 0 Å². The molecule has 1 heterocycles. The Kier molecular flexibility index (Phi) is 34.7. The van der Waals surface area contributed by atoms with E-state index in [-0.39, 0.29) is 12.8 Å². The molecule has 9 atom stereocenters. The lowest BCUT2D eigenvalue weighted by Crippen LogP contribution is -2.60. The van der Waals surface area contributed by atoms with Gasteiger partial charge in [-0.25, -0.2) is 0 Å². The number of aliphatic hydroxyl groups excluding tert-OH is 7. The van der Waals surface area contributed by atoms with E-state index in [4.69, 9.17) is 9.47 Å². The predicted molar refractivity (Wildman–Crippen MR) is 229 cm³/mol. The number of amides is 1. The first kappa shape index (κ1) is 53.9. The molecule has 0 radical (unpaired) electrons. The number of carbonyl (C=O) groups is 1. The van der Waals surface area contributed by atoms with Crippen LogP contribution in [0.5, 0.6) is 0 Å². The Morgan fingerprint density at radius 1 is 0.596 bits per heavy atom. The van der Waals surface area contributed by atoms with Crippen LogP contribution in [0.15, 0.2) is 12.2 Å². The molecule has 0 aromatic heterocycles. The maximum Gasteiger partial charge on any atom is 0.249 e. The molecule has 9 unspecified atom stereocenters. The summed E-state index contributed by atoms with van der Waals surface area (Å²) in [5.41, 5.74) is 0. The summed E-state index contributed by atoms with van der Waals surface area (Å²) in [5.74, 6) is -0.705. The van der Waals surface area contributed by atoms with E-state index in [2.05, 4.69) is 31.3 Å². The van der Waals surface area contributed by atoms with Crippen LogP contribution in [0.1, 0.15) is 206 Å². The van der Waals surface area contributed by atoms with Gasteiger partial charge in [0.25, 0.3) is 0 Å². The smallest absolute Gasteiger partial charge is 0.249 e. The van der Waals surface area contributed by atoms with Crippen molar-refractivity contribution in [1.29, 1.82) is 0 Å².